The van der Waals surface area contributed by atoms with E-state index in [0.717, 1.165) is 23.1 Å². The van der Waals surface area contributed by atoms with Crippen molar-refractivity contribution in [2.45, 2.75) is 34.8 Å². The molecule has 2 aromatic rings. The standard InChI is InChI=1S/C19H18F2N2O4S2/c1-2-16-19(25)23-15-10-12(4-6-17(15)28-16)29(26,27)8-7-18(24)22-14-9-11(20)3-5-13(14)21/h3-6,9-10,16H,2,7-8H2,1H3,(H,22,24)(H,23,25)/t16-/m0/s1. The average Bonchev–Trinajstić information content (AvgIpc) is 2.68. The second kappa shape index (κ2) is 8.50. The highest BCUT2D eigenvalue weighted by atomic mass is 32.2. The molecule has 0 unspecified atom stereocenters. The Morgan fingerprint density at radius 2 is 1.97 bits per heavy atom. The summed E-state index contributed by atoms with van der Waals surface area (Å²) in [5, 5.41) is 4.64. The van der Waals surface area contributed by atoms with Crippen LogP contribution in [0.2, 0.25) is 0 Å². The molecular weight excluding hydrogens is 422 g/mol. The third kappa shape index (κ3) is 4.94. The van der Waals surface area contributed by atoms with Crippen LogP contribution in [0.1, 0.15) is 19.8 Å². The fourth-order valence-electron chi connectivity index (χ4n) is 2.74. The van der Waals surface area contributed by atoms with E-state index in [9.17, 15) is 26.8 Å². The van der Waals surface area contributed by atoms with Crippen LogP contribution in [0.4, 0.5) is 20.2 Å². The summed E-state index contributed by atoms with van der Waals surface area (Å²) in [4.78, 5) is 24.7. The number of rotatable bonds is 6. The number of fused-ring (bicyclic) bond motifs is 1. The third-order valence-corrected chi connectivity index (χ3v) is 7.46. The molecule has 0 aliphatic carbocycles. The van der Waals surface area contributed by atoms with Crippen LogP contribution in [0.25, 0.3) is 0 Å². The number of hydrogen-bond acceptors (Lipinski definition) is 5. The van der Waals surface area contributed by atoms with Gasteiger partial charge in [0.2, 0.25) is 11.8 Å². The maximum absolute atomic E-state index is 13.6. The monoisotopic (exact) mass is 440 g/mol. The first kappa shape index (κ1) is 21.3. The van der Waals surface area contributed by atoms with E-state index >= 15 is 0 Å². The molecule has 29 heavy (non-hydrogen) atoms. The van der Waals surface area contributed by atoms with Gasteiger partial charge < -0.3 is 10.6 Å². The first-order valence-electron chi connectivity index (χ1n) is 8.79. The molecule has 1 aliphatic heterocycles. The summed E-state index contributed by atoms with van der Waals surface area (Å²) in [5.41, 5.74) is 0.0588. The minimum Gasteiger partial charge on any atom is -0.324 e. The summed E-state index contributed by atoms with van der Waals surface area (Å²) in [5.74, 6) is -3.01. The van der Waals surface area contributed by atoms with Gasteiger partial charge in [-0.1, -0.05) is 6.92 Å². The van der Waals surface area contributed by atoms with Gasteiger partial charge in [-0.15, -0.1) is 11.8 Å². The molecule has 0 saturated heterocycles. The Bertz CT molecular complexity index is 1070. The van der Waals surface area contributed by atoms with E-state index in [1.807, 2.05) is 6.92 Å². The number of carbonyl (C=O) groups excluding carboxylic acids is 2. The van der Waals surface area contributed by atoms with E-state index in [1.54, 1.807) is 6.07 Å². The lowest BCUT2D eigenvalue weighted by molar-refractivity contribution is -0.116. The molecule has 10 heteroatoms. The largest absolute Gasteiger partial charge is 0.324 e. The van der Waals surface area contributed by atoms with Crippen molar-refractivity contribution >= 4 is 44.8 Å². The Hall–Kier alpha value is -2.46. The molecule has 6 nitrogen and oxygen atoms in total. The SMILES string of the molecule is CC[C@@H]1Sc2ccc(S(=O)(=O)CCC(=O)Nc3cc(F)ccc3F)cc2NC1=O. The fourth-order valence-corrected chi connectivity index (χ4v) is 5.03. The van der Waals surface area contributed by atoms with Gasteiger partial charge in [0.25, 0.3) is 0 Å². The number of nitrogens with one attached hydrogen (secondary N) is 2. The lowest BCUT2D eigenvalue weighted by Crippen LogP contribution is -2.28. The quantitative estimate of drug-likeness (QED) is 0.716. The topological polar surface area (TPSA) is 92.3 Å². The minimum atomic E-state index is -3.83. The lowest BCUT2D eigenvalue weighted by Gasteiger charge is -2.23. The first-order chi connectivity index (χ1) is 13.7. The van der Waals surface area contributed by atoms with Crippen LogP contribution in [-0.2, 0) is 19.4 Å². The number of benzene rings is 2. The predicted molar refractivity (Wildman–Crippen MR) is 107 cm³/mol. The zero-order chi connectivity index (χ0) is 21.2. The average molecular weight is 440 g/mol. The van der Waals surface area contributed by atoms with Crippen LogP contribution in [0.5, 0.6) is 0 Å². The zero-order valence-electron chi connectivity index (χ0n) is 15.4. The lowest BCUT2D eigenvalue weighted by atomic mass is 10.2. The molecule has 0 saturated carbocycles. The zero-order valence-corrected chi connectivity index (χ0v) is 17.0. The van der Waals surface area contributed by atoms with Crippen molar-refractivity contribution in [2.75, 3.05) is 16.4 Å². The Morgan fingerprint density at radius 1 is 1.21 bits per heavy atom. The van der Waals surface area contributed by atoms with E-state index in [2.05, 4.69) is 10.6 Å². The number of thioether (sulfide) groups is 1. The fraction of sp³-hybridized carbons (Fsp3) is 0.263. The number of hydrogen-bond donors (Lipinski definition) is 2. The molecule has 0 fully saturated rings. The van der Waals surface area contributed by atoms with Crippen LogP contribution in [0, 0.1) is 11.6 Å². The third-order valence-electron chi connectivity index (χ3n) is 4.30. The van der Waals surface area contributed by atoms with Gasteiger partial charge >= 0.3 is 0 Å². The van der Waals surface area contributed by atoms with Crippen molar-refractivity contribution in [3.05, 3.63) is 48.0 Å². The van der Waals surface area contributed by atoms with E-state index in [-0.39, 0.29) is 21.7 Å². The maximum atomic E-state index is 13.6. The van der Waals surface area contributed by atoms with E-state index < -0.39 is 39.6 Å². The highest BCUT2D eigenvalue weighted by Crippen LogP contribution is 2.38. The highest BCUT2D eigenvalue weighted by molar-refractivity contribution is 8.01. The van der Waals surface area contributed by atoms with Crippen molar-refractivity contribution < 1.29 is 26.8 Å². The maximum Gasteiger partial charge on any atom is 0.237 e. The Morgan fingerprint density at radius 3 is 2.69 bits per heavy atom. The predicted octanol–water partition coefficient (Wildman–Crippen LogP) is 3.59. The Kier molecular flexibility index (Phi) is 6.23. The van der Waals surface area contributed by atoms with Gasteiger partial charge in [-0.05, 0) is 36.8 Å². The molecule has 3 rings (SSSR count). The van der Waals surface area contributed by atoms with Crippen LogP contribution in [0.3, 0.4) is 0 Å². The van der Waals surface area contributed by atoms with Gasteiger partial charge in [-0.25, -0.2) is 17.2 Å². The normalized spacial score (nSPS) is 16.1. The van der Waals surface area contributed by atoms with Crippen molar-refractivity contribution in [2.24, 2.45) is 0 Å². The van der Waals surface area contributed by atoms with Gasteiger partial charge in [0.05, 0.1) is 27.3 Å². The molecule has 1 aliphatic rings. The van der Waals surface area contributed by atoms with Gasteiger partial charge in [0, 0.05) is 17.4 Å². The summed E-state index contributed by atoms with van der Waals surface area (Å²) >= 11 is 1.37. The number of sulfone groups is 1. The number of anilines is 2. The smallest absolute Gasteiger partial charge is 0.237 e. The molecule has 0 aromatic heterocycles. The van der Waals surface area contributed by atoms with Crippen molar-refractivity contribution in [1.29, 1.82) is 0 Å². The molecule has 0 spiro atoms. The summed E-state index contributed by atoms with van der Waals surface area (Å²) in [6, 6.07) is 7.00. The van der Waals surface area contributed by atoms with Crippen LogP contribution >= 0.6 is 11.8 Å². The number of halogens is 2. The number of amides is 2. The van der Waals surface area contributed by atoms with Crippen molar-refractivity contribution in [1.82, 2.24) is 0 Å². The Balaban J connectivity index is 1.68. The van der Waals surface area contributed by atoms with Gasteiger partial charge in [0.1, 0.15) is 11.6 Å². The van der Waals surface area contributed by atoms with Gasteiger partial charge in [-0.2, -0.15) is 0 Å². The molecule has 2 aromatic carbocycles. The first-order valence-corrected chi connectivity index (χ1v) is 11.3. The van der Waals surface area contributed by atoms with Gasteiger partial charge in [-0.3, -0.25) is 9.59 Å². The number of carbonyl (C=O) groups is 2. The van der Waals surface area contributed by atoms with Crippen molar-refractivity contribution in [3.8, 4) is 0 Å². The van der Waals surface area contributed by atoms with Crippen LogP contribution in [-0.4, -0.2) is 31.2 Å². The molecule has 2 amide bonds. The summed E-state index contributed by atoms with van der Waals surface area (Å²) in [7, 11) is -3.83. The molecule has 1 heterocycles. The van der Waals surface area contributed by atoms with E-state index in [0.29, 0.717) is 12.1 Å². The molecule has 0 radical (unpaired) electrons. The molecule has 2 N–H and O–H groups in total. The molecule has 1 atom stereocenters. The molecule has 154 valence electrons. The minimum absolute atomic E-state index is 0.0307. The van der Waals surface area contributed by atoms with Crippen LogP contribution in [0.15, 0.2) is 46.2 Å². The molecule has 0 bridgehead atoms. The van der Waals surface area contributed by atoms with Crippen molar-refractivity contribution in [3.63, 3.8) is 0 Å². The van der Waals surface area contributed by atoms with Gasteiger partial charge in [0.15, 0.2) is 9.84 Å². The van der Waals surface area contributed by atoms with E-state index in [1.165, 1.54) is 23.9 Å². The summed E-state index contributed by atoms with van der Waals surface area (Å²) < 4.78 is 51.9. The summed E-state index contributed by atoms with van der Waals surface area (Å²) in [6.45, 7) is 1.89. The highest BCUT2D eigenvalue weighted by Gasteiger charge is 2.27. The Labute approximate surface area is 171 Å². The second-order valence-electron chi connectivity index (χ2n) is 6.40. The van der Waals surface area contributed by atoms with Crippen LogP contribution < -0.4 is 10.6 Å². The van der Waals surface area contributed by atoms with E-state index in [4.69, 9.17) is 0 Å². The second-order valence-corrected chi connectivity index (χ2v) is 9.76. The molecular formula is C19H18F2N2O4S2. The summed E-state index contributed by atoms with van der Waals surface area (Å²) in [6.07, 6.45) is 0.214.